The first kappa shape index (κ1) is 21.6. The fourth-order valence-corrected chi connectivity index (χ4v) is 5.11. The first-order valence-corrected chi connectivity index (χ1v) is 11.3. The van der Waals surface area contributed by atoms with Gasteiger partial charge in [0.15, 0.2) is 0 Å². The zero-order chi connectivity index (χ0) is 21.2. The molecule has 1 fully saturated rings. The fourth-order valence-electron chi connectivity index (χ4n) is 3.65. The first-order valence-electron chi connectivity index (χ1n) is 9.52. The zero-order valence-electron chi connectivity index (χ0n) is 16.5. The average molecular weight is 437 g/mol. The molecule has 29 heavy (non-hydrogen) atoms. The van der Waals surface area contributed by atoms with Crippen LogP contribution in [0, 0.1) is 0 Å². The highest BCUT2D eigenvalue weighted by Crippen LogP contribution is 2.29. The lowest BCUT2D eigenvalue weighted by Crippen LogP contribution is -2.46. The number of amides is 1. The number of carbonyl (C=O) groups is 1. The molecule has 1 amide bonds. The monoisotopic (exact) mass is 436 g/mol. The predicted molar refractivity (Wildman–Crippen MR) is 114 cm³/mol. The minimum Gasteiger partial charge on any atom is -0.391 e. The van der Waals surface area contributed by atoms with Crippen LogP contribution in [0.15, 0.2) is 53.4 Å². The number of sulfonamides is 1. The summed E-state index contributed by atoms with van der Waals surface area (Å²) < 4.78 is 26.7. The second-order valence-corrected chi connectivity index (χ2v) is 9.66. The molecule has 1 aliphatic rings. The molecule has 0 aromatic heterocycles. The van der Waals surface area contributed by atoms with Crippen LogP contribution in [0.1, 0.15) is 36.0 Å². The standard InChI is InChI=1S/C21H25ClN2O4S/c1-23(19-10-6-7-11-20(19)25)21(26)17-13-12-15(14-18(17)22)24(2)29(27,28)16-8-4-3-5-9-16/h3-5,8-9,12-14,19-20,25H,6-7,10-11H2,1-2H3/t19-,20-/m1/s1. The number of carbonyl (C=O) groups excluding carboxylic acids is 1. The fraction of sp³-hybridized carbons (Fsp3) is 0.381. The highest BCUT2D eigenvalue weighted by Gasteiger charge is 2.31. The van der Waals surface area contributed by atoms with Crippen molar-refractivity contribution in [3.05, 3.63) is 59.1 Å². The van der Waals surface area contributed by atoms with E-state index in [4.69, 9.17) is 11.6 Å². The number of hydrogen-bond donors (Lipinski definition) is 1. The van der Waals surface area contributed by atoms with Crippen molar-refractivity contribution in [3.63, 3.8) is 0 Å². The van der Waals surface area contributed by atoms with Gasteiger partial charge in [0.25, 0.3) is 15.9 Å². The summed E-state index contributed by atoms with van der Waals surface area (Å²) in [7, 11) is -0.627. The number of aliphatic hydroxyl groups is 1. The van der Waals surface area contributed by atoms with Crippen LogP contribution in [0.25, 0.3) is 0 Å². The number of aliphatic hydroxyl groups excluding tert-OH is 1. The van der Waals surface area contributed by atoms with Crippen molar-refractivity contribution in [2.24, 2.45) is 0 Å². The van der Waals surface area contributed by atoms with Gasteiger partial charge >= 0.3 is 0 Å². The van der Waals surface area contributed by atoms with Gasteiger partial charge in [0, 0.05) is 14.1 Å². The van der Waals surface area contributed by atoms with Crippen LogP contribution < -0.4 is 4.31 Å². The van der Waals surface area contributed by atoms with Crippen molar-refractivity contribution in [3.8, 4) is 0 Å². The van der Waals surface area contributed by atoms with Crippen molar-refractivity contribution >= 4 is 33.2 Å². The Balaban J connectivity index is 1.84. The third-order valence-corrected chi connectivity index (χ3v) is 7.57. The van der Waals surface area contributed by atoms with Gasteiger partial charge in [0.05, 0.1) is 33.3 Å². The second kappa shape index (κ2) is 8.73. The average Bonchev–Trinajstić information content (AvgIpc) is 2.73. The van der Waals surface area contributed by atoms with E-state index >= 15 is 0 Å². The van der Waals surface area contributed by atoms with Gasteiger partial charge in [-0.3, -0.25) is 9.10 Å². The summed E-state index contributed by atoms with van der Waals surface area (Å²) in [6.07, 6.45) is 2.80. The highest BCUT2D eigenvalue weighted by molar-refractivity contribution is 7.92. The van der Waals surface area contributed by atoms with Crippen LogP contribution >= 0.6 is 11.6 Å². The molecule has 6 nitrogen and oxygen atoms in total. The van der Waals surface area contributed by atoms with Gasteiger partial charge in [0.2, 0.25) is 0 Å². The van der Waals surface area contributed by atoms with Crippen molar-refractivity contribution in [1.29, 1.82) is 0 Å². The molecule has 0 radical (unpaired) electrons. The molecular weight excluding hydrogens is 412 g/mol. The summed E-state index contributed by atoms with van der Waals surface area (Å²) in [5, 5.41) is 10.4. The molecule has 0 unspecified atom stereocenters. The molecule has 3 rings (SSSR count). The maximum atomic E-state index is 12.9. The Labute approximate surface area is 176 Å². The molecule has 8 heteroatoms. The predicted octanol–water partition coefficient (Wildman–Crippen LogP) is 3.54. The Morgan fingerprint density at radius 1 is 1.07 bits per heavy atom. The molecular formula is C21H25ClN2O4S. The summed E-state index contributed by atoms with van der Waals surface area (Å²) in [6.45, 7) is 0. The molecule has 0 saturated heterocycles. The molecule has 2 atom stereocenters. The van der Waals surface area contributed by atoms with Crippen molar-refractivity contribution in [2.75, 3.05) is 18.4 Å². The number of halogens is 1. The molecule has 0 aliphatic heterocycles. The highest BCUT2D eigenvalue weighted by atomic mass is 35.5. The van der Waals surface area contributed by atoms with E-state index in [2.05, 4.69) is 0 Å². The van der Waals surface area contributed by atoms with Crippen molar-refractivity contribution in [2.45, 2.75) is 42.7 Å². The van der Waals surface area contributed by atoms with Crippen LogP contribution in [0.3, 0.4) is 0 Å². The Kier molecular flexibility index (Phi) is 6.51. The largest absolute Gasteiger partial charge is 0.391 e. The number of likely N-dealkylation sites (N-methyl/N-ethyl adjacent to an activating group) is 1. The molecule has 1 saturated carbocycles. The third kappa shape index (κ3) is 4.42. The maximum absolute atomic E-state index is 12.9. The van der Waals surface area contributed by atoms with Crippen LogP contribution in [0.4, 0.5) is 5.69 Å². The van der Waals surface area contributed by atoms with E-state index in [-0.39, 0.29) is 27.4 Å². The number of anilines is 1. The lowest BCUT2D eigenvalue weighted by Gasteiger charge is -2.35. The molecule has 1 N–H and O–H groups in total. The zero-order valence-corrected chi connectivity index (χ0v) is 18.0. The minimum atomic E-state index is -3.74. The molecule has 156 valence electrons. The number of benzene rings is 2. The van der Waals surface area contributed by atoms with Crippen LogP contribution in [-0.2, 0) is 10.0 Å². The van der Waals surface area contributed by atoms with Crippen LogP contribution in [0.2, 0.25) is 5.02 Å². The van der Waals surface area contributed by atoms with E-state index in [0.717, 1.165) is 23.6 Å². The SMILES string of the molecule is CN(C(=O)c1ccc(N(C)S(=O)(=O)c2ccccc2)cc1Cl)[C@@H]1CCCC[C@H]1O. The van der Waals surface area contributed by atoms with E-state index in [1.54, 1.807) is 31.3 Å². The number of nitrogens with zero attached hydrogens (tertiary/aromatic N) is 2. The Morgan fingerprint density at radius 2 is 1.72 bits per heavy atom. The van der Waals surface area contributed by atoms with E-state index in [9.17, 15) is 18.3 Å². The van der Waals surface area contributed by atoms with Crippen LogP contribution in [-0.4, -0.2) is 50.6 Å². The third-order valence-electron chi connectivity index (χ3n) is 5.46. The minimum absolute atomic E-state index is 0.166. The Morgan fingerprint density at radius 3 is 2.34 bits per heavy atom. The van der Waals surface area contributed by atoms with Gasteiger partial charge in [-0.15, -0.1) is 0 Å². The van der Waals surface area contributed by atoms with Gasteiger partial charge in [0.1, 0.15) is 0 Å². The van der Waals surface area contributed by atoms with Gasteiger partial charge in [-0.1, -0.05) is 42.6 Å². The van der Waals surface area contributed by atoms with Crippen molar-refractivity contribution < 1.29 is 18.3 Å². The molecule has 1 aliphatic carbocycles. The Bertz CT molecular complexity index is 981. The molecule has 0 bridgehead atoms. The van der Waals surface area contributed by atoms with E-state index in [1.807, 2.05) is 0 Å². The van der Waals surface area contributed by atoms with Gasteiger partial charge in [-0.05, 0) is 43.2 Å². The van der Waals surface area contributed by atoms with Crippen LogP contribution in [0.5, 0.6) is 0 Å². The first-order chi connectivity index (χ1) is 13.7. The maximum Gasteiger partial charge on any atom is 0.264 e. The summed E-state index contributed by atoms with van der Waals surface area (Å²) in [6, 6.07) is 12.4. The van der Waals surface area contributed by atoms with E-state index < -0.39 is 16.1 Å². The van der Waals surface area contributed by atoms with E-state index in [1.165, 1.54) is 36.2 Å². The normalized spacial score (nSPS) is 19.6. The Hall–Kier alpha value is -2.09. The summed E-state index contributed by atoms with van der Waals surface area (Å²) in [5.41, 5.74) is 0.636. The number of hydrogen-bond acceptors (Lipinski definition) is 4. The molecule has 2 aromatic carbocycles. The van der Waals surface area contributed by atoms with Gasteiger partial charge in [-0.25, -0.2) is 8.42 Å². The van der Waals surface area contributed by atoms with Crippen molar-refractivity contribution in [1.82, 2.24) is 4.90 Å². The quantitative estimate of drug-likeness (QED) is 0.777. The lowest BCUT2D eigenvalue weighted by atomic mass is 9.91. The smallest absolute Gasteiger partial charge is 0.264 e. The molecule has 0 spiro atoms. The molecule has 2 aromatic rings. The van der Waals surface area contributed by atoms with Gasteiger partial charge < -0.3 is 10.0 Å². The molecule has 0 heterocycles. The lowest BCUT2D eigenvalue weighted by molar-refractivity contribution is 0.0268. The topological polar surface area (TPSA) is 77.9 Å². The number of rotatable bonds is 5. The summed E-state index contributed by atoms with van der Waals surface area (Å²) in [5.74, 6) is -0.291. The van der Waals surface area contributed by atoms with Gasteiger partial charge in [-0.2, -0.15) is 0 Å². The summed E-state index contributed by atoms with van der Waals surface area (Å²) >= 11 is 6.35. The second-order valence-electron chi connectivity index (χ2n) is 7.28. The van der Waals surface area contributed by atoms with E-state index in [0.29, 0.717) is 12.1 Å². The summed E-state index contributed by atoms with van der Waals surface area (Å²) in [4.78, 5) is 14.6.